The Morgan fingerprint density at radius 1 is 0.667 bits per heavy atom. The third-order valence-corrected chi connectivity index (χ3v) is 5.64. The Balaban J connectivity index is 1.73. The average Bonchev–Trinajstić information content (AvgIpc) is 2.57. The number of para-hydroxylation sites is 2. The molecule has 0 radical (unpaired) electrons. The van der Waals surface area contributed by atoms with Crippen LogP contribution in [0.25, 0.3) is 0 Å². The van der Waals surface area contributed by atoms with Gasteiger partial charge in [0, 0.05) is 0 Å². The van der Waals surface area contributed by atoms with Crippen molar-refractivity contribution in [3.05, 3.63) is 60.7 Å². The van der Waals surface area contributed by atoms with E-state index in [9.17, 15) is 0 Å². The minimum Gasteiger partial charge on any atom is -0.438 e. The highest BCUT2D eigenvalue weighted by Gasteiger charge is 2.29. The van der Waals surface area contributed by atoms with Crippen LogP contribution in [0.15, 0.2) is 60.7 Å². The zero-order valence-corrected chi connectivity index (χ0v) is 13.0. The smallest absolute Gasteiger partial charge is 0.293 e. The first-order valence-electron chi connectivity index (χ1n) is 7.67. The van der Waals surface area contributed by atoms with Crippen molar-refractivity contribution in [2.24, 2.45) is 0 Å². The zero-order chi connectivity index (χ0) is 14.3. The lowest BCUT2D eigenvalue weighted by Crippen LogP contribution is -2.16. The first kappa shape index (κ1) is 14.4. The maximum atomic E-state index is 6.20. The van der Waals surface area contributed by atoms with Gasteiger partial charge in [-0.1, -0.05) is 55.7 Å². The highest BCUT2D eigenvalue weighted by molar-refractivity contribution is 7.49. The molecule has 2 aromatic rings. The molecule has 0 atom stereocenters. The first-order chi connectivity index (χ1) is 10.4. The van der Waals surface area contributed by atoms with Crippen molar-refractivity contribution in [1.29, 1.82) is 0 Å². The summed E-state index contributed by atoms with van der Waals surface area (Å²) in [7, 11) is -0.931. The second-order valence-electron chi connectivity index (χ2n) is 5.39. The summed E-state index contributed by atoms with van der Waals surface area (Å²) in [5.41, 5.74) is 0.536. The van der Waals surface area contributed by atoms with Crippen LogP contribution in [-0.2, 0) is 0 Å². The molecule has 110 valence electrons. The van der Waals surface area contributed by atoms with Crippen molar-refractivity contribution in [2.45, 2.75) is 37.8 Å². The molecule has 3 rings (SSSR count). The quantitative estimate of drug-likeness (QED) is 0.651. The number of hydrogen-bond acceptors (Lipinski definition) is 2. The molecule has 21 heavy (non-hydrogen) atoms. The highest BCUT2D eigenvalue weighted by atomic mass is 31.2. The van der Waals surface area contributed by atoms with Gasteiger partial charge < -0.3 is 9.05 Å². The van der Waals surface area contributed by atoms with Crippen LogP contribution in [0.1, 0.15) is 32.1 Å². The average molecular weight is 300 g/mol. The summed E-state index contributed by atoms with van der Waals surface area (Å²) in [6.45, 7) is 0. The van der Waals surface area contributed by atoms with Crippen molar-refractivity contribution >= 4 is 8.38 Å². The van der Waals surface area contributed by atoms with E-state index in [0.29, 0.717) is 5.66 Å². The van der Waals surface area contributed by atoms with Gasteiger partial charge in [-0.25, -0.2) is 0 Å². The van der Waals surface area contributed by atoms with Crippen molar-refractivity contribution in [3.8, 4) is 11.5 Å². The van der Waals surface area contributed by atoms with Crippen LogP contribution in [0.5, 0.6) is 11.5 Å². The third-order valence-electron chi connectivity index (χ3n) is 3.75. The molecule has 0 saturated heterocycles. The van der Waals surface area contributed by atoms with Crippen molar-refractivity contribution in [3.63, 3.8) is 0 Å². The largest absolute Gasteiger partial charge is 0.438 e. The van der Waals surface area contributed by atoms with Crippen LogP contribution in [0.4, 0.5) is 0 Å². The third kappa shape index (κ3) is 4.22. The number of benzene rings is 2. The molecule has 0 N–H and O–H groups in total. The Hall–Kier alpha value is -1.53. The van der Waals surface area contributed by atoms with Crippen LogP contribution >= 0.6 is 8.38 Å². The topological polar surface area (TPSA) is 18.5 Å². The minimum absolute atomic E-state index is 0.536. The molecule has 0 spiro atoms. The molecule has 3 heteroatoms. The molecule has 1 saturated carbocycles. The molecular weight excluding hydrogens is 279 g/mol. The Morgan fingerprint density at radius 3 is 1.62 bits per heavy atom. The maximum absolute atomic E-state index is 6.20. The Kier molecular flexibility index (Phi) is 5.13. The first-order valence-corrected chi connectivity index (χ1v) is 8.92. The SMILES string of the molecule is c1ccc(OP(Oc2ccccc2)C2CCCCC2)cc1. The molecule has 1 aliphatic carbocycles. The van der Waals surface area contributed by atoms with E-state index >= 15 is 0 Å². The van der Waals surface area contributed by atoms with E-state index in [1.807, 2.05) is 60.7 Å². The molecule has 1 fully saturated rings. The highest BCUT2D eigenvalue weighted by Crippen LogP contribution is 2.49. The summed E-state index contributed by atoms with van der Waals surface area (Å²) in [5.74, 6) is 1.82. The van der Waals surface area contributed by atoms with E-state index < -0.39 is 8.38 Å². The lowest BCUT2D eigenvalue weighted by atomic mass is 10.0. The van der Waals surface area contributed by atoms with Crippen LogP contribution in [0.2, 0.25) is 0 Å². The molecule has 2 aromatic carbocycles. The van der Waals surface area contributed by atoms with Crippen LogP contribution in [-0.4, -0.2) is 5.66 Å². The van der Waals surface area contributed by atoms with E-state index in [2.05, 4.69) is 0 Å². The van der Waals surface area contributed by atoms with Gasteiger partial charge in [0.1, 0.15) is 11.5 Å². The molecule has 0 heterocycles. The molecule has 2 nitrogen and oxygen atoms in total. The Bertz CT molecular complexity index is 482. The molecule has 0 amide bonds. The van der Waals surface area contributed by atoms with E-state index in [-0.39, 0.29) is 0 Å². The second-order valence-corrected chi connectivity index (χ2v) is 7.05. The summed E-state index contributed by atoms with van der Waals surface area (Å²) in [6.07, 6.45) is 6.35. The number of rotatable bonds is 5. The van der Waals surface area contributed by atoms with E-state index in [0.717, 1.165) is 11.5 Å². The summed E-state index contributed by atoms with van der Waals surface area (Å²) in [4.78, 5) is 0. The Labute approximate surface area is 128 Å². The lowest BCUT2D eigenvalue weighted by molar-refractivity contribution is 0.428. The van der Waals surface area contributed by atoms with E-state index in [4.69, 9.17) is 9.05 Å². The van der Waals surface area contributed by atoms with Crippen molar-refractivity contribution in [2.75, 3.05) is 0 Å². The lowest BCUT2D eigenvalue weighted by Gasteiger charge is -2.29. The second kappa shape index (κ2) is 7.47. The fourth-order valence-electron chi connectivity index (χ4n) is 2.63. The zero-order valence-electron chi connectivity index (χ0n) is 12.2. The van der Waals surface area contributed by atoms with Crippen molar-refractivity contribution in [1.82, 2.24) is 0 Å². The monoisotopic (exact) mass is 300 g/mol. The van der Waals surface area contributed by atoms with Gasteiger partial charge in [0.15, 0.2) is 0 Å². The van der Waals surface area contributed by atoms with Gasteiger partial charge in [0.25, 0.3) is 8.38 Å². The Morgan fingerprint density at radius 2 is 1.14 bits per heavy atom. The van der Waals surface area contributed by atoms with E-state index in [1.165, 1.54) is 32.1 Å². The van der Waals surface area contributed by atoms with Crippen LogP contribution < -0.4 is 9.05 Å². The fraction of sp³-hybridized carbons (Fsp3) is 0.333. The molecule has 0 bridgehead atoms. The molecule has 0 unspecified atom stereocenters. The van der Waals surface area contributed by atoms with Crippen molar-refractivity contribution < 1.29 is 9.05 Å². The maximum Gasteiger partial charge on any atom is 0.293 e. The predicted molar refractivity (Wildman–Crippen MR) is 87.9 cm³/mol. The summed E-state index contributed by atoms with van der Waals surface area (Å²) >= 11 is 0. The molecule has 1 aliphatic rings. The summed E-state index contributed by atoms with van der Waals surface area (Å²) < 4.78 is 12.4. The molecule has 0 aromatic heterocycles. The van der Waals surface area contributed by atoms with Crippen LogP contribution in [0.3, 0.4) is 0 Å². The van der Waals surface area contributed by atoms with E-state index in [1.54, 1.807) is 0 Å². The predicted octanol–water partition coefficient (Wildman–Crippen LogP) is 5.79. The van der Waals surface area contributed by atoms with Gasteiger partial charge in [0.2, 0.25) is 0 Å². The van der Waals surface area contributed by atoms with Gasteiger partial charge in [-0.05, 0) is 37.1 Å². The molecular formula is C18H21O2P. The standard InChI is InChI=1S/C18H21O2P/c1-4-10-16(11-5-1)19-21(18-14-8-3-9-15-18)20-17-12-6-2-7-13-17/h1-2,4-7,10-13,18H,3,8-9,14-15H2. The van der Waals surface area contributed by atoms with Gasteiger partial charge in [0.05, 0.1) is 5.66 Å². The van der Waals surface area contributed by atoms with Gasteiger partial charge in [-0.2, -0.15) is 0 Å². The normalized spacial score (nSPS) is 15.9. The minimum atomic E-state index is -0.931. The van der Waals surface area contributed by atoms with Gasteiger partial charge >= 0.3 is 0 Å². The van der Waals surface area contributed by atoms with Gasteiger partial charge in [-0.3, -0.25) is 0 Å². The van der Waals surface area contributed by atoms with Crippen LogP contribution in [0, 0.1) is 0 Å². The number of hydrogen-bond donors (Lipinski definition) is 0. The van der Waals surface area contributed by atoms with Gasteiger partial charge in [-0.15, -0.1) is 0 Å². The summed E-state index contributed by atoms with van der Waals surface area (Å²) in [6, 6.07) is 20.1. The fourth-order valence-corrected chi connectivity index (χ4v) is 4.41. The molecule has 0 aliphatic heterocycles. The summed E-state index contributed by atoms with van der Waals surface area (Å²) in [5, 5.41) is 0.